The molecule has 0 bridgehead atoms. The van der Waals surface area contributed by atoms with Crippen LogP contribution in [0.2, 0.25) is 0 Å². The first-order valence-electron chi connectivity index (χ1n) is 2.77. The van der Waals surface area contributed by atoms with Crippen molar-refractivity contribution in [3.63, 3.8) is 0 Å². The van der Waals surface area contributed by atoms with Gasteiger partial charge in [-0.05, 0) is 0 Å². The minimum absolute atomic E-state index is 0.0926. The highest BCUT2D eigenvalue weighted by Crippen LogP contribution is 2.17. The maximum absolute atomic E-state index is 8.96. The Morgan fingerprint density at radius 2 is 2.38 bits per heavy atom. The van der Waals surface area contributed by atoms with E-state index in [2.05, 4.69) is 0 Å². The van der Waals surface area contributed by atoms with Gasteiger partial charge in [0.1, 0.15) is 7.85 Å². The second-order valence-electron chi connectivity index (χ2n) is 2.22. The van der Waals surface area contributed by atoms with Crippen molar-refractivity contribution in [3.8, 4) is 0 Å². The van der Waals surface area contributed by atoms with Gasteiger partial charge in [-0.15, -0.1) is 0 Å². The molecule has 1 aliphatic heterocycles. The average molecular weight is 112 g/mol. The van der Waals surface area contributed by atoms with Gasteiger partial charge in [0.05, 0.1) is 12.7 Å². The second kappa shape index (κ2) is 2.07. The summed E-state index contributed by atoms with van der Waals surface area (Å²) in [6.45, 7) is 2.27. The van der Waals surface area contributed by atoms with Gasteiger partial charge in [0.15, 0.2) is 0 Å². The molecule has 3 atom stereocenters. The first kappa shape index (κ1) is 6.11. The SMILES string of the molecule is [B][C@@H]1OC[C@H](O)[C@H]1C. The molecule has 0 spiro atoms. The molecule has 1 saturated heterocycles. The van der Waals surface area contributed by atoms with Crippen LogP contribution < -0.4 is 0 Å². The monoisotopic (exact) mass is 112 g/mol. The van der Waals surface area contributed by atoms with Gasteiger partial charge in [0, 0.05) is 11.9 Å². The highest BCUT2D eigenvalue weighted by molar-refractivity contribution is 6.11. The third kappa shape index (κ3) is 0.882. The Bertz CT molecular complexity index is 76.5. The Morgan fingerprint density at radius 3 is 2.50 bits per heavy atom. The van der Waals surface area contributed by atoms with Gasteiger partial charge in [-0.2, -0.15) is 0 Å². The fraction of sp³-hybridized carbons (Fsp3) is 1.00. The van der Waals surface area contributed by atoms with E-state index in [0.29, 0.717) is 6.61 Å². The van der Waals surface area contributed by atoms with Crippen molar-refractivity contribution in [3.05, 3.63) is 0 Å². The average Bonchev–Trinajstić information content (AvgIpc) is 1.98. The van der Waals surface area contributed by atoms with Crippen molar-refractivity contribution in [2.45, 2.75) is 19.0 Å². The third-order valence-electron chi connectivity index (χ3n) is 1.58. The maximum atomic E-state index is 8.96. The summed E-state index contributed by atoms with van der Waals surface area (Å²) in [5.41, 5.74) is 0. The van der Waals surface area contributed by atoms with E-state index in [-0.39, 0.29) is 18.0 Å². The van der Waals surface area contributed by atoms with Crippen molar-refractivity contribution in [2.75, 3.05) is 6.61 Å². The molecule has 8 heavy (non-hydrogen) atoms. The highest BCUT2D eigenvalue weighted by atomic mass is 16.5. The topological polar surface area (TPSA) is 29.5 Å². The molecule has 0 aromatic heterocycles. The summed E-state index contributed by atoms with van der Waals surface area (Å²) in [6.07, 6.45) is -0.356. The summed E-state index contributed by atoms with van der Waals surface area (Å²) in [6, 6.07) is -0.259. The van der Waals surface area contributed by atoms with E-state index in [4.69, 9.17) is 17.7 Å². The Morgan fingerprint density at radius 1 is 1.75 bits per heavy atom. The van der Waals surface area contributed by atoms with Gasteiger partial charge in [-0.25, -0.2) is 0 Å². The number of rotatable bonds is 0. The lowest BCUT2D eigenvalue weighted by molar-refractivity contribution is 0.115. The summed E-state index contributed by atoms with van der Waals surface area (Å²) in [4.78, 5) is 0. The zero-order valence-electron chi connectivity index (χ0n) is 4.87. The molecule has 1 fully saturated rings. The fourth-order valence-corrected chi connectivity index (χ4v) is 0.732. The molecule has 1 heterocycles. The van der Waals surface area contributed by atoms with Crippen LogP contribution in [0.1, 0.15) is 6.92 Å². The van der Waals surface area contributed by atoms with E-state index in [9.17, 15) is 0 Å². The Balaban J connectivity index is 2.44. The van der Waals surface area contributed by atoms with E-state index in [1.807, 2.05) is 6.92 Å². The minimum Gasteiger partial charge on any atom is -0.390 e. The molecule has 1 aliphatic rings. The molecule has 3 heteroatoms. The molecular formula is C5H9BO2. The van der Waals surface area contributed by atoms with E-state index in [1.165, 1.54) is 0 Å². The fourth-order valence-electron chi connectivity index (χ4n) is 0.732. The molecule has 0 saturated carbocycles. The number of aliphatic hydroxyl groups is 1. The number of hydrogen-bond acceptors (Lipinski definition) is 2. The lowest BCUT2D eigenvalue weighted by Gasteiger charge is -2.08. The number of aliphatic hydroxyl groups excluding tert-OH is 1. The van der Waals surface area contributed by atoms with Gasteiger partial charge in [-0.3, -0.25) is 0 Å². The van der Waals surface area contributed by atoms with Gasteiger partial charge in [-0.1, -0.05) is 6.92 Å². The standard InChI is InChI=1S/C5H9BO2/c1-3-4(7)2-8-5(3)6/h3-5,7H,2H2,1H3/t3-,4+,5-/m1/s1. The van der Waals surface area contributed by atoms with E-state index >= 15 is 0 Å². The van der Waals surface area contributed by atoms with Crippen LogP contribution in [-0.2, 0) is 4.74 Å². The van der Waals surface area contributed by atoms with Crippen LogP contribution in [0.5, 0.6) is 0 Å². The lowest BCUT2D eigenvalue weighted by Crippen LogP contribution is -2.20. The second-order valence-corrected chi connectivity index (χ2v) is 2.22. The van der Waals surface area contributed by atoms with Gasteiger partial charge < -0.3 is 9.84 Å². The van der Waals surface area contributed by atoms with Crippen molar-refractivity contribution in [2.24, 2.45) is 5.92 Å². The summed E-state index contributed by atoms with van der Waals surface area (Å²) >= 11 is 0. The predicted octanol–water partition coefficient (Wildman–Crippen LogP) is -0.492. The normalized spacial score (nSPS) is 47.5. The van der Waals surface area contributed by atoms with Crippen molar-refractivity contribution >= 4 is 7.85 Å². The number of ether oxygens (including phenoxy) is 1. The van der Waals surface area contributed by atoms with Crippen LogP contribution in [0, 0.1) is 5.92 Å². The zero-order chi connectivity index (χ0) is 6.15. The van der Waals surface area contributed by atoms with Crippen LogP contribution >= 0.6 is 0 Å². The predicted molar refractivity (Wildman–Crippen MR) is 30.7 cm³/mol. The molecule has 0 aliphatic carbocycles. The summed E-state index contributed by atoms with van der Waals surface area (Å²) < 4.78 is 4.91. The first-order chi connectivity index (χ1) is 3.72. The molecule has 1 rings (SSSR count). The van der Waals surface area contributed by atoms with Crippen molar-refractivity contribution < 1.29 is 9.84 Å². The summed E-state index contributed by atoms with van der Waals surface area (Å²) in [5, 5.41) is 8.96. The molecule has 0 unspecified atom stereocenters. The Labute approximate surface area is 50.3 Å². The van der Waals surface area contributed by atoms with Crippen LogP contribution in [-0.4, -0.2) is 31.7 Å². The molecule has 2 radical (unpaired) electrons. The van der Waals surface area contributed by atoms with Crippen LogP contribution in [0.25, 0.3) is 0 Å². The quantitative estimate of drug-likeness (QED) is 0.428. The van der Waals surface area contributed by atoms with Crippen molar-refractivity contribution in [1.82, 2.24) is 0 Å². The van der Waals surface area contributed by atoms with E-state index in [1.54, 1.807) is 0 Å². The molecule has 2 nitrogen and oxygen atoms in total. The van der Waals surface area contributed by atoms with Gasteiger partial charge in [0.25, 0.3) is 0 Å². The van der Waals surface area contributed by atoms with Crippen LogP contribution in [0.3, 0.4) is 0 Å². The van der Waals surface area contributed by atoms with Gasteiger partial charge in [0.2, 0.25) is 0 Å². The molecule has 0 amide bonds. The highest BCUT2D eigenvalue weighted by Gasteiger charge is 2.27. The Kier molecular flexibility index (Phi) is 1.58. The summed E-state index contributed by atoms with van der Waals surface area (Å²) in [5.74, 6) is 0.0926. The molecule has 0 aromatic carbocycles. The molecule has 44 valence electrons. The zero-order valence-corrected chi connectivity index (χ0v) is 4.87. The third-order valence-corrected chi connectivity index (χ3v) is 1.58. The molecule has 0 aromatic rings. The first-order valence-corrected chi connectivity index (χ1v) is 2.77. The number of hydrogen-bond donors (Lipinski definition) is 1. The molecule has 1 N–H and O–H groups in total. The van der Waals surface area contributed by atoms with Gasteiger partial charge >= 0.3 is 0 Å². The van der Waals surface area contributed by atoms with E-state index < -0.39 is 0 Å². The largest absolute Gasteiger partial charge is 0.390 e. The smallest absolute Gasteiger partial charge is 0.109 e. The van der Waals surface area contributed by atoms with Crippen LogP contribution in [0.4, 0.5) is 0 Å². The minimum atomic E-state index is -0.356. The van der Waals surface area contributed by atoms with Crippen LogP contribution in [0.15, 0.2) is 0 Å². The summed E-state index contributed by atoms with van der Waals surface area (Å²) in [7, 11) is 5.39. The van der Waals surface area contributed by atoms with E-state index in [0.717, 1.165) is 0 Å². The lowest BCUT2D eigenvalue weighted by atomic mass is 9.87. The maximum Gasteiger partial charge on any atom is 0.109 e. The molecular weight excluding hydrogens is 103 g/mol. The van der Waals surface area contributed by atoms with Crippen molar-refractivity contribution in [1.29, 1.82) is 0 Å². The Hall–Kier alpha value is -0.0151.